The lowest BCUT2D eigenvalue weighted by atomic mass is 9.79. The second-order valence-corrected chi connectivity index (χ2v) is 8.42. The van der Waals surface area contributed by atoms with Crippen molar-refractivity contribution in [2.75, 3.05) is 19.6 Å². The van der Waals surface area contributed by atoms with Crippen LogP contribution in [0.2, 0.25) is 0 Å². The van der Waals surface area contributed by atoms with Gasteiger partial charge < -0.3 is 10.6 Å². The molecule has 0 aliphatic carbocycles. The van der Waals surface area contributed by atoms with E-state index >= 15 is 0 Å². The fraction of sp³-hybridized carbons (Fsp3) is 0.652. The third-order valence-corrected chi connectivity index (χ3v) is 6.23. The maximum absolute atomic E-state index is 12.9. The molecule has 0 spiro atoms. The molecule has 150 valence electrons. The van der Waals surface area contributed by atoms with E-state index in [4.69, 9.17) is 5.73 Å². The Labute approximate surface area is 164 Å². The molecule has 1 amide bonds. The molecule has 1 aromatic rings. The van der Waals surface area contributed by atoms with Gasteiger partial charge in [0.1, 0.15) is 0 Å². The van der Waals surface area contributed by atoms with Gasteiger partial charge in [-0.2, -0.15) is 0 Å². The van der Waals surface area contributed by atoms with Gasteiger partial charge in [0, 0.05) is 31.1 Å². The van der Waals surface area contributed by atoms with Gasteiger partial charge in [0.25, 0.3) is 0 Å². The first-order chi connectivity index (χ1) is 12.9. The van der Waals surface area contributed by atoms with E-state index in [0.29, 0.717) is 25.6 Å². The lowest BCUT2D eigenvalue weighted by Gasteiger charge is -2.38. The smallest absolute Gasteiger partial charge is 0.230 e. The first kappa shape index (κ1) is 21.6. The Morgan fingerprint density at radius 1 is 1.11 bits per heavy atom. The molecule has 0 atom stereocenters. The van der Waals surface area contributed by atoms with Gasteiger partial charge >= 0.3 is 0 Å². The molecule has 0 radical (unpaired) electrons. The molecular weight excluding hydrogens is 336 g/mol. The Balaban J connectivity index is 1.96. The van der Waals surface area contributed by atoms with Crippen LogP contribution in [0.5, 0.6) is 0 Å². The number of hydrogen-bond acceptors (Lipinski definition) is 3. The van der Waals surface area contributed by atoms with Crippen LogP contribution in [0.15, 0.2) is 24.3 Å². The molecule has 2 N–H and O–H groups in total. The second kappa shape index (κ2) is 9.50. The van der Waals surface area contributed by atoms with Gasteiger partial charge in [0.15, 0.2) is 5.78 Å². The van der Waals surface area contributed by atoms with Crippen LogP contribution in [0.1, 0.15) is 69.3 Å². The molecule has 4 nitrogen and oxygen atoms in total. The van der Waals surface area contributed by atoms with Crippen LogP contribution in [-0.2, 0) is 11.2 Å². The van der Waals surface area contributed by atoms with Crippen molar-refractivity contribution in [1.82, 2.24) is 4.90 Å². The lowest BCUT2D eigenvalue weighted by molar-refractivity contribution is -0.143. The molecule has 0 bridgehead atoms. The minimum atomic E-state index is -0.441. The van der Waals surface area contributed by atoms with E-state index in [-0.39, 0.29) is 17.6 Å². The number of benzene rings is 1. The van der Waals surface area contributed by atoms with E-state index < -0.39 is 5.41 Å². The molecule has 0 unspecified atom stereocenters. The van der Waals surface area contributed by atoms with Crippen LogP contribution in [0.4, 0.5) is 0 Å². The van der Waals surface area contributed by atoms with Crippen LogP contribution in [0, 0.1) is 17.3 Å². The summed E-state index contributed by atoms with van der Waals surface area (Å²) in [5.74, 6) is 1.01. The number of nitrogens with zero attached hydrogens (tertiary/aromatic N) is 1. The van der Waals surface area contributed by atoms with Gasteiger partial charge in [-0.25, -0.2) is 0 Å². The van der Waals surface area contributed by atoms with Crippen molar-refractivity contribution >= 4 is 11.7 Å². The van der Waals surface area contributed by atoms with Crippen LogP contribution < -0.4 is 5.73 Å². The molecule has 1 aliphatic rings. The maximum Gasteiger partial charge on any atom is 0.230 e. The molecule has 0 saturated carbocycles. The van der Waals surface area contributed by atoms with Crippen molar-refractivity contribution in [2.24, 2.45) is 23.0 Å². The number of rotatable bonds is 8. The van der Waals surface area contributed by atoms with Crippen molar-refractivity contribution in [1.29, 1.82) is 0 Å². The number of piperidine rings is 1. The molecule has 2 rings (SSSR count). The Morgan fingerprint density at radius 2 is 1.67 bits per heavy atom. The Kier molecular flexibility index (Phi) is 7.60. The van der Waals surface area contributed by atoms with Crippen LogP contribution >= 0.6 is 0 Å². The van der Waals surface area contributed by atoms with Gasteiger partial charge in [-0.15, -0.1) is 0 Å². The normalized spacial score (nSPS) is 16.0. The van der Waals surface area contributed by atoms with Crippen molar-refractivity contribution in [3.05, 3.63) is 35.4 Å². The highest BCUT2D eigenvalue weighted by Crippen LogP contribution is 2.31. The van der Waals surface area contributed by atoms with Gasteiger partial charge in [-0.05, 0) is 43.6 Å². The SMILES string of the molecule is CCC(CC)(CN)C(=O)N1CCC(C(=O)c2ccc(CC(C)C)cc2)CC1. The molecule has 1 heterocycles. The van der Waals surface area contributed by atoms with E-state index in [1.54, 1.807) is 0 Å². The number of carbonyl (C=O) groups excluding carboxylic acids is 2. The molecule has 0 aromatic heterocycles. The average Bonchev–Trinajstić information content (AvgIpc) is 2.69. The van der Waals surface area contributed by atoms with Gasteiger partial charge in [0.05, 0.1) is 5.41 Å². The minimum absolute atomic E-state index is 0.0144. The van der Waals surface area contributed by atoms with Crippen LogP contribution in [0.25, 0.3) is 0 Å². The number of likely N-dealkylation sites (tertiary alicyclic amines) is 1. The van der Waals surface area contributed by atoms with Crippen molar-refractivity contribution in [2.45, 2.75) is 59.8 Å². The highest BCUT2D eigenvalue weighted by Gasteiger charge is 2.38. The summed E-state index contributed by atoms with van der Waals surface area (Å²) in [6, 6.07) is 8.07. The second-order valence-electron chi connectivity index (χ2n) is 8.42. The zero-order chi connectivity index (χ0) is 20.0. The molecule has 4 heteroatoms. The van der Waals surface area contributed by atoms with Crippen molar-refractivity contribution in [3.63, 3.8) is 0 Å². The van der Waals surface area contributed by atoms with Crippen LogP contribution in [0.3, 0.4) is 0 Å². The fourth-order valence-electron chi connectivity index (χ4n) is 4.12. The lowest BCUT2D eigenvalue weighted by Crippen LogP contribution is -2.50. The summed E-state index contributed by atoms with van der Waals surface area (Å²) in [5, 5.41) is 0. The summed E-state index contributed by atoms with van der Waals surface area (Å²) in [7, 11) is 0. The third kappa shape index (κ3) is 4.98. The molecule has 1 aliphatic heterocycles. The van der Waals surface area contributed by atoms with Crippen molar-refractivity contribution < 1.29 is 9.59 Å². The van der Waals surface area contributed by atoms with Gasteiger partial charge in [0.2, 0.25) is 5.91 Å². The fourth-order valence-corrected chi connectivity index (χ4v) is 4.12. The maximum atomic E-state index is 12.9. The first-order valence-electron chi connectivity index (χ1n) is 10.5. The van der Waals surface area contributed by atoms with Gasteiger partial charge in [-0.1, -0.05) is 52.0 Å². The Morgan fingerprint density at radius 3 is 2.11 bits per heavy atom. The molecule has 1 saturated heterocycles. The number of carbonyl (C=O) groups is 2. The largest absolute Gasteiger partial charge is 0.342 e. The van der Waals surface area contributed by atoms with E-state index in [0.717, 1.165) is 37.7 Å². The highest BCUT2D eigenvalue weighted by atomic mass is 16.2. The predicted molar refractivity (Wildman–Crippen MR) is 111 cm³/mol. The predicted octanol–water partition coefficient (Wildman–Crippen LogP) is 4.07. The first-order valence-corrected chi connectivity index (χ1v) is 10.5. The number of amides is 1. The van der Waals surface area contributed by atoms with E-state index in [9.17, 15) is 9.59 Å². The zero-order valence-electron chi connectivity index (χ0n) is 17.5. The number of Topliss-reactive ketones (excluding diaryl/α,β-unsaturated/α-hetero) is 1. The summed E-state index contributed by atoms with van der Waals surface area (Å²) >= 11 is 0. The molecule has 1 fully saturated rings. The van der Waals surface area contributed by atoms with E-state index in [1.807, 2.05) is 30.9 Å². The minimum Gasteiger partial charge on any atom is -0.342 e. The van der Waals surface area contributed by atoms with E-state index in [2.05, 4.69) is 26.0 Å². The zero-order valence-corrected chi connectivity index (χ0v) is 17.5. The topological polar surface area (TPSA) is 63.4 Å². The Bertz CT molecular complexity index is 616. The molecule has 27 heavy (non-hydrogen) atoms. The van der Waals surface area contributed by atoms with Gasteiger partial charge in [-0.3, -0.25) is 9.59 Å². The summed E-state index contributed by atoms with van der Waals surface area (Å²) in [5.41, 5.74) is 7.56. The molecule has 1 aromatic carbocycles. The number of hydrogen-bond donors (Lipinski definition) is 1. The summed E-state index contributed by atoms with van der Waals surface area (Å²) < 4.78 is 0. The molecular formula is C23H36N2O2. The summed E-state index contributed by atoms with van der Waals surface area (Å²) in [6.07, 6.45) is 4.05. The number of nitrogens with two attached hydrogens (primary N) is 1. The van der Waals surface area contributed by atoms with Crippen LogP contribution in [-0.4, -0.2) is 36.2 Å². The summed E-state index contributed by atoms with van der Waals surface area (Å²) in [6.45, 7) is 10.2. The quantitative estimate of drug-likeness (QED) is 0.700. The standard InChI is InChI=1S/C23H36N2O2/c1-5-23(6-2,16-24)22(27)25-13-11-20(12-14-25)21(26)19-9-7-18(8-10-19)15-17(3)4/h7-10,17,20H,5-6,11-16,24H2,1-4H3. The van der Waals surface area contributed by atoms with Crippen molar-refractivity contribution in [3.8, 4) is 0 Å². The number of ketones is 1. The van der Waals surface area contributed by atoms with E-state index in [1.165, 1.54) is 5.56 Å². The average molecular weight is 373 g/mol. The Hall–Kier alpha value is -1.68. The highest BCUT2D eigenvalue weighted by molar-refractivity contribution is 5.98. The third-order valence-electron chi connectivity index (χ3n) is 6.23. The summed E-state index contributed by atoms with van der Waals surface area (Å²) in [4.78, 5) is 27.7. The monoisotopic (exact) mass is 372 g/mol.